The summed E-state index contributed by atoms with van der Waals surface area (Å²) in [5, 5.41) is 0. The van der Waals surface area contributed by atoms with E-state index < -0.39 is 70.4 Å². The highest BCUT2D eigenvalue weighted by atomic mass is 28.6. The maximum atomic E-state index is 7.51. The maximum absolute atomic E-state index is 7.51. The Morgan fingerprint density at radius 1 is 0.302 bits per heavy atom. The lowest BCUT2D eigenvalue weighted by Gasteiger charge is -2.63. The van der Waals surface area contributed by atoms with Gasteiger partial charge in [0.15, 0.2) is 0 Å². The van der Waals surface area contributed by atoms with Crippen molar-refractivity contribution in [1.29, 1.82) is 0 Å². The van der Waals surface area contributed by atoms with E-state index in [0.717, 1.165) is 0 Å². The fourth-order valence-corrected chi connectivity index (χ4v) is 58.1. The Labute approximate surface area is 323 Å². The summed E-state index contributed by atoms with van der Waals surface area (Å²) in [5.41, 5.74) is 49.6. The Bertz CT molecular complexity index is 1050. The summed E-state index contributed by atoms with van der Waals surface area (Å²) >= 11 is 0. The Hall–Kier alpha value is 0.935. The van der Waals surface area contributed by atoms with Gasteiger partial charge in [0.2, 0.25) is 0 Å². The van der Waals surface area contributed by atoms with Gasteiger partial charge in [0.25, 0.3) is 0 Å². The lowest BCUT2D eigenvalue weighted by Crippen LogP contribution is -2.88. The summed E-state index contributed by atoms with van der Waals surface area (Å²) in [6.45, 7) is 4.70. The van der Waals surface area contributed by atoms with Gasteiger partial charge in [0.1, 0.15) is 0 Å². The van der Waals surface area contributed by atoms with E-state index in [1.807, 2.05) is 6.92 Å². The molecule has 16 N–H and O–H groups in total. The molecule has 1 atom stereocenters. The third-order valence-corrected chi connectivity index (χ3v) is 47.4. The molecule has 6 heterocycles. The van der Waals surface area contributed by atoms with Crippen LogP contribution in [-0.2, 0) is 49.4 Å². The Morgan fingerprint density at radius 3 is 0.623 bits per heavy atom. The fraction of sp³-hybridized carbons (Fsp3) is 1.00. The molecule has 0 amide bonds. The molecule has 28 heteroatoms. The minimum atomic E-state index is -4.08. The first-order valence-electron chi connectivity index (χ1n) is 19.4. The van der Waals surface area contributed by atoms with Gasteiger partial charge in [-0.1, -0.05) is 6.92 Å². The molecule has 6 saturated heterocycles. The molecule has 6 rings (SSSR count). The van der Waals surface area contributed by atoms with Crippen LogP contribution in [0.1, 0.15) is 51.9 Å². The van der Waals surface area contributed by atoms with Crippen LogP contribution in [0.15, 0.2) is 0 Å². The van der Waals surface area contributed by atoms with Crippen molar-refractivity contribution in [3.8, 4) is 0 Å². The van der Waals surface area contributed by atoms with Gasteiger partial charge in [-0.15, -0.1) is 0 Å². The largest absolute Gasteiger partial charge is 0.479 e. The molecule has 0 aromatic heterocycles. The summed E-state index contributed by atoms with van der Waals surface area (Å²) in [4.78, 5) is 0. The first-order valence-corrected chi connectivity index (χ1v) is 34.8. The van der Waals surface area contributed by atoms with E-state index in [-0.39, 0.29) is 12.0 Å². The van der Waals surface area contributed by atoms with E-state index in [1.54, 1.807) is 0 Å². The van der Waals surface area contributed by atoms with E-state index in [9.17, 15) is 0 Å². The van der Waals surface area contributed by atoms with Crippen LogP contribution in [-0.4, -0.2) is 123 Å². The highest BCUT2D eigenvalue weighted by molar-refractivity contribution is 7.03. The molecule has 6 fully saturated rings. The van der Waals surface area contributed by atoms with Gasteiger partial charge >= 0.3 is 70.4 Å². The molecular weight excluding hydrogens is 829 g/mol. The number of nitrogens with two attached hydrogens (primary N) is 8. The van der Waals surface area contributed by atoms with E-state index in [0.29, 0.717) is 140 Å². The highest BCUT2D eigenvalue weighted by Gasteiger charge is 2.82. The quantitative estimate of drug-likeness (QED) is 0.0528. The van der Waals surface area contributed by atoms with E-state index in [4.69, 9.17) is 95.3 Å². The maximum Gasteiger partial charge on any atom is 0.479 e. The summed E-state index contributed by atoms with van der Waals surface area (Å²) in [7, 11) is -32.4. The lowest BCUT2D eigenvalue weighted by atomic mass is 10.2. The minimum absolute atomic E-state index is 0.123. The molecule has 8 bridgehead atoms. The molecule has 310 valence electrons. The molecule has 53 heavy (non-hydrogen) atoms. The Balaban J connectivity index is 1.90. The molecule has 0 aromatic carbocycles. The van der Waals surface area contributed by atoms with Gasteiger partial charge < -0.3 is 95.3 Å². The van der Waals surface area contributed by atoms with Crippen molar-refractivity contribution in [1.82, 2.24) is 0 Å². The average molecular weight is 896 g/mol. The predicted molar refractivity (Wildman–Crippen MR) is 211 cm³/mol. The van der Waals surface area contributed by atoms with Crippen LogP contribution in [0, 0.1) is 5.92 Å². The Morgan fingerprint density at radius 2 is 0.472 bits per heavy atom. The predicted octanol–water partition coefficient (Wildman–Crippen LogP) is -1.20. The number of rotatable bonds is 24. The SMILES string of the molecule is CC(CN)C[Si]12O[Si]3(CCCN)O[Si]4(CCCN)O[Si]5(CCCN)O[Si](CCCN)(O3)O[Si](CCCN)(O[Si](CCCN)(O5)O[Si](CCCN)(O4)O1)O2. The zero-order valence-electron chi connectivity index (χ0n) is 31.4. The third-order valence-electron chi connectivity index (χ3n) is 9.54. The monoisotopic (exact) mass is 894 g/mol. The zero-order valence-corrected chi connectivity index (χ0v) is 39.4. The van der Waals surface area contributed by atoms with Crippen LogP contribution in [0.2, 0.25) is 48.4 Å². The molecule has 6 aliphatic heterocycles. The van der Waals surface area contributed by atoms with Crippen LogP contribution in [0.25, 0.3) is 0 Å². The molecule has 1 unspecified atom stereocenters. The number of hydrogen-bond donors (Lipinski definition) is 8. The standard InChI is InChI=1S/C25H66N8O12Si8/c1-25(23-33)24-53-43-50(20-6-13-30)37-47(17-3-10-27)34-46(16-2-9-26)35-48(39-50,18-4-11-28)41-52(45-53,22-8-15-32)42-49(36-46,19-5-12-29)40-51(38-47,44-53)21-7-14-31/h25H,2-24,26-33H2,1H3. The van der Waals surface area contributed by atoms with Gasteiger partial charge in [-0.05, 0) is 103 Å². The fourth-order valence-electron chi connectivity index (χ4n) is 7.28. The van der Waals surface area contributed by atoms with Gasteiger partial charge in [-0.2, -0.15) is 0 Å². The first kappa shape index (κ1) is 45.0. The Kier molecular flexibility index (Phi) is 16.0. The topological polar surface area (TPSA) is 319 Å². The zero-order chi connectivity index (χ0) is 38.3. The van der Waals surface area contributed by atoms with Crippen molar-refractivity contribution in [3.05, 3.63) is 0 Å². The molecule has 0 saturated carbocycles. The molecule has 0 spiro atoms. The van der Waals surface area contributed by atoms with Gasteiger partial charge in [0, 0.05) is 48.4 Å². The first-order chi connectivity index (χ1) is 25.4. The summed E-state index contributed by atoms with van der Waals surface area (Å²) in [5.74, 6) is -0.123. The highest BCUT2D eigenvalue weighted by Crippen LogP contribution is 2.54. The second kappa shape index (κ2) is 18.9. The number of hydrogen-bond acceptors (Lipinski definition) is 20. The molecule has 0 radical (unpaired) electrons. The minimum Gasteiger partial charge on any atom is -0.373 e. The van der Waals surface area contributed by atoms with Gasteiger partial charge in [-0.25, -0.2) is 0 Å². The molecule has 6 aliphatic rings. The van der Waals surface area contributed by atoms with Gasteiger partial charge in [0.05, 0.1) is 0 Å². The summed E-state index contributed by atoms with van der Waals surface area (Å²) in [6, 6.07) is 2.33. The molecular formula is C25H66N8O12Si8. The van der Waals surface area contributed by atoms with Crippen LogP contribution in [0.4, 0.5) is 0 Å². The van der Waals surface area contributed by atoms with Crippen molar-refractivity contribution in [2.24, 2.45) is 51.8 Å². The molecule has 0 aliphatic carbocycles. The van der Waals surface area contributed by atoms with E-state index in [1.165, 1.54) is 0 Å². The molecule has 20 nitrogen and oxygen atoms in total. The van der Waals surface area contributed by atoms with Crippen LogP contribution >= 0.6 is 0 Å². The van der Waals surface area contributed by atoms with Crippen molar-refractivity contribution < 1.29 is 49.4 Å². The summed E-state index contributed by atoms with van der Waals surface area (Å²) in [6.07, 6.45) is 3.45. The van der Waals surface area contributed by atoms with Crippen molar-refractivity contribution in [3.63, 3.8) is 0 Å². The summed E-state index contributed by atoms with van der Waals surface area (Å²) < 4.78 is 89.8. The van der Waals surface area contributed by atoms with Crippen LogP contribution in [0.5, 0.6) is 0 Å². The van der Waals surface area contributed by atoms with Crippen molar-refractivity contribution >= 4 is 70.4 Å². The smallest absolute Gasteiger partial charge is 0.373 e. The average Bonchev–Trinajstić information content (AvgIpc) is 3.09. The normalized spacial score (nSPS) is 41.2. The second-order valence-corrected chi connectivity index (χ2v) is 39.1. The molecule has 0 aromatic rings. The lowest BCUT2D eigenvalue weighted by molar-refractivity contribution is -0.0315. The second-order valence-electron chi connectivity index (χ2n) is 14.5. The van der Waals surface area contributed by atoms with Gasteiger partial charge in [-0.3, -0.25) is 0 Å². The third kappa shape index (κ3) is 10.4. The van der Waals surface area contributed by atoms with E-state index >= 15 is 0 Å². The van der Waals surface area contributed by atoms with Crippen LogP contribution in [0.3, 0.4) is 0 Å². The van der Waals surface area contributed by atoms with E-state index in [2.05, 4.69) is 0 Å². The van der Waals surface area contributed by atoms with Crippen LogP contribution < -0.4 is 45.9 Å². The van der Waals surface area contributed by atoms with Crippen molar-refractivity contribution in [2.45, 2.75) is 100 Å². The van der Waals surface area contributed by atoms with Crippen molar-refractivity contribution in [2.75, 3.05) is 52.4 Å².